The molecule has 3 aromatic heterocycles. The van der Waals surface area contributed by atoms with Crippen molar-refractivity contribution >= 4 is 46.3 Å². The zero-order valence-electron chi connectivity index (χ0n) is 18.2. The lowest BCUT2D eigenvalue weighted by molar-refractivity contribution is -0.402. The van der Waals surface area contributed by atoms with Gasteiger partial charge in [0.15, 0.2) is 0 Å². The van der Waals surface area contributed by atoms with E-state index in [9.17, 15) is 24.5 Å². The van der Waals surface area contributed by atoms with Crippen LogP contribution in [0.15, 0.2) is 21.9 Å². The van der Waals surface area contributed by atoms with Gasteiger partial charge in [-0.1, -0.05) is 0 Å². The molecule has 34 heavy (non-hydrogen) atoms. The van der Waals surface area contributed by atoms with Gasteiger partial charge in [0.05, 0.1) is 21.8 Å². The van der Waals surface area contributed by atoms with Gasteiger partial charge in [0, 0.05) is 24.4 Å². The van der Waals surface area contributed by atoms with E-state index in [2.05, 4.69) is 20.8 Å². The minimum Gasteiger partial charge on any atom is -0.395 e. The minimum absolute atomic E-state index is 0.00149. The van der Waals surface area contributed by atoms with Gasteiger partial charge in [0.1, 0.15) is 15.5 Å². The molecule has 1 aliphatic heterocycles. The minimum atomic E-state index is -0.833. The highest BCUT2D eigenvalue weighted by Crippen LogP contribution is 2.31. The van der Waals surface area contributed by atoms with Crippen molar-refractivity contribution < 1.29 is 23.7 Å². The fourth-order valence-electron chi connectivity index (χ4n) is 3.57. The third-order valence-corrected chi connectivity index (χ3v) is 7.34. The van der Waals surface area contributed by atoms with E-state index in [1.165, 1.54) is 22.7 Å². The molecule has 3 amide bonds. The van der Waals surface area contributed by atoms with Crippen LogP contribution in [-0.4, -0.2) is 50.6 Å². The molecular weight excluding hydrogens is 484 g/mol. The van der Waals surface area contributed by atoms with E-state index in [4.69, 9.17) is 4.42 Å². The van der Waals surface area contributed by atoms with E-state index < -0.39 is 22.6 Å². The average molecular weight is 505 g/mol. The molecule has 0 saturated carbocycles. The maximum absolute atomic E-state index is 12.8. The Hall–Kier alpha value is -3.65. The number of carbonyl (C=O) groups is 3. The number of piperidine rings is 1. The number of likely N-dealkylation sites (tertiary alicyclic amines) is 1. The second kappa shape index (κ2) is 9.69. The number of hydrazine groups is 1. The third-order valence-electron chi connectivity index (χ3n) is 5.27. The fourth-order valence-corrected chi connectivity index (χ4v) is 5.43. The molecule has 2 N–H and O–H groups in total. The molecule has 1 aliphatic rings. The van der Waals surface area contributed by atoms with E-state index in [1.807, 2.05) is 18.7 Å². The van der Waals surface area contributed by atoms with Crippen molar-refractivity contribution in [3.8, 4) is 0 Å². The Bertz CT molecular complexity index is 1260. The zero-order valence-corrected chi connectivity index (χ0v) is 19.8. The summed E-state index contributed by atoms with van der Waals surface area (Å²) in [6, 6.07) is 2.18. The normalized spacial score (nSPS) is 14.1. The molecule has 4 rings (SSSR count). The SMILES string of the molecule is Cc1nc(C)c(C(=O)N2CCC(c3nc(C(=O)NNC(=O)c4ccc([N+](=O)[O-])o4)cs3)CC2)s1. The fraction of sp³-hybridized carbons (Fsp3) is 0.350. The predicted octanol–water partition coefficient (Wildman–Crippen LogP) is 2.81. The lowest BCUT2D eigenvalue weighted by Crippen LogP contribution is -2.41. The maximum atomic E-state index is 12.8. The molecule has 0 unspecified atom stereocenters. The first kappa shape index (κ1) is 23.5. The van der Waals surface area contributed by atoms with Gasteiger partial charge in [-0.2, -0.15) is 0 Å². The van der Waals surface area contributed by atoms with Crippen LogP contribution in [0.2, 0.25) is 0 Å². The topological polar surface area (TPSA) is 161 Å². The molecule has 0 atom stereocenters. The maximum Gasteiger partial charge on any atom is 0.433 e. The number of nitro groups is 1. The first-order valence-corrected chi connectivity index (χ1v) is 12.0. The highest BCUT2D eigenvalue weighted by Gasteiger charge is 2.28. The number of aromatic nitrogens is 2. The van der Waals surface area contributed by atoms with Crippen LogP contribution < -0.4 is 10.9 Å². The molecule has 0 spiro atoms. The van der Waals surface area contributed by atoms with Crippen molar-refractivity contribution in [1.82, 2.24) is 25.7 Å². The van der Waals surface area contributed by atoms with Crippen LogP contribution in [-0.2, 0) is 0 Å². The molecule has 0 aliphatic carbocycles. The van der Waals surface area contributed by atoms with Gasteiger partial charge in [-0.05, 0) is 32.8 Å². The van der Waals surface area contributed by atoms with E-state index in [0.29, 0.717) is 18.0 Å². The van der Waals surface area contributed by atoms with Crippen LogP contribution in [0.1, 0.15) is 65.2 Å². The number of nitrogens with one attached hydrogen (secondary N) is 2. The van der Waals surface area contributed by atoms with Crippen molar-refractivity contribution in [2.24, 2.45) is 0 Å². The third kappa shape index (κ3) is 4.97. The lowest BCUT2D eigenvalue weighted by Gasteiger charge is -2.30. The van der Waals surface area contributed by atoms with E-state index in [0.717, 1.165) is 40.7 Å². The van der Waals surface area contributed by atoms with Crippen molar-refractivity contribution in [3.63, 3.8) is 0 Å². The van der Waals surface area contributed by atoms with Gasteiger partial charge in [-0.15, -0.1) is 22.7 Å². The zero-order chi connectivity index (χ0) is 24.4. The summed E-state index contributed by atoms with van der Waals surface area (Å²) in [7, 11) is 0. The molecule has 178 valence electrons. The summed E-state index contributed by atoms with van der Waals surface area (Å²) in [5, 5.41) is 13.9. The van der Waals surface area contributed by atoms with Crippen LogP contribution in [0.5, 0.6) is 0 Å². The highest BCUT2D eigenvalue weighted by molar-refractivity contribution is 7.13. The van der Waals surface area contributed by atoms with Gasteiger partial charge in [0.2, 0.25) is 5.76 Å². The number of thiazole rings is 2. The number of hydrogen-bond acceptors (Lipinski definition) is 10. The van der Waals surface area contributed by atoms with Crippen molar-refractivity contribution in [2.75, 3.05) is 13.1 Å². The number of furan rings is 1. The van der Waals surface area contributed by atoms with Crippen LogP contribution in [0.25, 0.3) is 0 Å². The summed E-state index contributed by atoms with van der Waals surface area (Å²) in [4.78, 5) is 58.2. The Morgan fingerprint density at radius 1 is 1.15 bits per heavy atom. The van der Waals surface area contributed by atoms with Crippen LogP contribution in [0, 0.1) is 24.0 Å². The van der Waals surface area contributed by atoms with Crippen molar-refractivity contribution in [3.05, 3.63) is 59.7 Å². The second-order valence-corrected chi connectivity index (χ2v) is 9.68. The van der Waals surface area contributed by atoms with Gasteiger partial charge in [-0.3, -0.25) is 35.3 Å². The summed E-state index contributed by atoms with van der Waals surface area (Å²) in [5.74, 6) is -2.22. The van der Waals surface area contributed by atoms with E-state index in [-0.39, 0.29) is 23.3 Å². The van der Waals surface area contributed by atoms with Crippen LogP contribution >= 0.6 is 22.7 Å². The number of aryl methyl sites for hydroxylation is 2. The Morgan fingerprint density at radius 3 is 2.47 bits per heavy atom. The Labute approximate surface area is 201 Å². The first-order valence-electron chi connectivity index (χ1n) is 10.3. The Balaban J connectivity index is 1.29. The number of carbonyl (C=O) groups excluding carboxylic acids is 3. The van der Waals surface area contributed by atoms with Crippen LogP contribution in [0.3, 0.4) is 0 Å². The number of hydrogen-bond donors (Lipinski definition) is 2. The van der Waals surface area contributed by atoms with Gasteiger partial charge in [-0.25, -0.2) is 9.97 Å². The number of rotatable bonds is 5. The number of amides is 3. The van der Waals surface area contributed by atoms with E-state index >= 15 is 0 Å². The lowest BCUT2D eigenvalue weighted by atomic mass is 9.97. The van der Waals surface area contributed by atoms with Gasteiger partial charge < -0.3 is 9.32 Å². The molecular formula is C20H20N6O6S2. The molecule has 14 heteroatoms. The average Bonchev–Trinajstić information content (AvgIpc) is 3.56. The summed E-state index contributed by atoms with van der Waals surface area (Å²) in [5.41, 5.74) is 5.25. The standard InChI is InChI=1S/C20H20N6O6S2/c1-10-16(34-11(2)21-10)20(29)25-7-5-12(6-8-25)19-22-13(9-33-19)17(27)23-24-18(28)14-3-4-15(32-14)26(30)31/h3-4,9,12H,5-8H2,1-2H3,(H,23,27)(H,24,28). The molecule has 4 heterocycles. The van der Waals surface area contributed by atoms with Crippen LogP contribution in [0.4, 0.5) is 5.88 Å². The highest BCUT2D eigenvalue weighted by atomic mass is 32.1. The molecule has 0 radical (unpaired) electrons. The predicted molar refractivity (Wildman–Crippen MR) is 122 cm³/mol. The Kier molecular flexibility index (Phi) is 6.70. The summed E-state index contributed by atoms with van der Waals surface area (Å²) < 4.78 is 4.78. The summed E-state index contributed by atoms with van der Waals surface area (Å²) >= 11 is 2.75. The molecule has 0 aromatic carbocycles. The molecule has 1 saturated heterocycles. The number of nitrogens with zero attached hydrogens (tertiary/aromatic N) is 4. The first-order chi connectivity index (χ1) is 16.2. The Morgan fingerprint density at radius 2 is 1.85 bits per heavy atom. The quantitative estimate of drug-likeness (QED) is 0.396. The van der Waals surface area contributed by atoms with E-state index in [1.54, 1.807) is 5.38 Å². The van der Waals surface area contributed by atoms with Crippen molar-refractivity contribution in [2.45, 2.75) is 32.6 Å². The second-order valence-electron chi connectivity index (χ2n) is 7.59. The molecule has 0 bridgehead atoms. The van der Waals surface area contributed by atoms with Crippen molar-refractivity contribution in [1.29, 1.82) is 0 Å². The molecule has 12 nitrogen and oxygen atoms in total. The molecule has 3 aromatic rings. The summed E-state index contributed by atoms with van der Waals surface area (Å²) in [6.45, 7) is 4.90. The summed E-state index contributed by atoms with van der Waals surface area (Å²) in [6.07, 6.45) is 1.45. The van der Waals surface area contributed by atoms with Gasteiger partial charge >= 0.3 is 11.8 Å². The monoisotopic (exact) mass is 504 g/mol. The smallest absolute Gasteiger partial charge is 0.395 e. The largest absolute Gasteiger partial charge is 0.433 e. The van der Waals surface area contributed by atoms with Gasteiger partial charge in [0.25, 0.3) is 11.8 Å². The molecule has 1 fully saturated rings.